The van der Waals surface area contributed by atoms with Gasteiger partial charge in [-0.3, -0.25) is 9.48 Å². The molecule has 1 amide bonds. The maximum atomic E-state index is 12.5. The van der Waals surface area contributed by atoms with Gasteiger partial charge in [-0.2, -0.15) is 18.3 Å². The number of nitrogens with zero attached hydrogens (tertiary/aromatic N) is 2. The van der Waals surface area contributed by atoms with Crippen LogP contribution in [0, 0.1) is 13.8 Å². The van der Waals surface area contributed by atoms with Crippen molar-refractivity contribution in [3.8, 4) is 5.75 Å². The fourth-order valence-electron chi connectivity index (χ4n) is 2.51. The minimum Gasteiger partial charge on any atom is -0.482 e. The smallest absolute Gasteiger partial charge is 0.422 e. The number of amides is 1. The number of halogens is 3. The molecule has 3 aromatic rings. The van der Waals surface area contributed by atoms with Crippen LogP contribution in [0.1, 0.15) is 20.9 Å². The van der Waals surface area contributed by atoms with Crippen molar-refractivity contribution in [1.82, 2.24) is 9.78 Å². The second-order valence-corrected chi connectivity index (χ2v) is 6.93. The molecule has 5 nitrogen and oxygen atoms in total. The van der Waals surface area contributed by atoms with E-state index < -0.39 is 18.7 Å². The van der Waals surface area contributed by atoms with Crippen LogP contribution in [0.5, 0.6) is 5.75 Å². The third kappa shape index (κ3) is 3.82. The number of carbonyl (C=O) groups is 1. The van der Waals surface area contributed by atoms with E-state index in [0.717, 1.165) is 21.5 Å². The lowest BCUT2D eigenvalue weighted by Crippen LogP contribution is -2.20. The molecular formula is C17H16F3N3O2S. The number of alkyl halides is 3. The highest BCUT2D eigenvalue weighted by atomic mass is 32.1. The molecule has 0 saturated heterocycles. The van der Waals surface area contributed by atoms with Crippen molar-refractivity contribution in [3.05, 3.63) is 40.4 Å². The molecule has 3 rings (SSSR count). The molecule has 1 aromatic carbocycles. The Kier molecular flexibility index (Phi) is 4.66. The quantitative estimate of drug-likeness (QED) is 0.724. The van der Waals surface area contributed by atoms with Crippen LogP contribution in [0.25, 0.3) is 10.2 Å². The van der Waals surface area contributed by atoms with Gasteiger partial charge in [0.25, 0.3) is 5.91 Å². The van der Waals surface area contributed by atoms with Crippen molar-refractivity contribution in [2.24, 2.45) is 7.05 Å². The van der Waals surface area contributed by atoms with E-state index in [2.05, 4.69) is 10.4 Å². The molecule has 0 aliphatic heterocycles. The summed E-state index contributed by atoms with van der Waals surface area (Å²) in [6, 6.07) is 6.40. The zero-order valence-electron chi connectivity index (χ0n) is 14.3. The Balaban J connectivity index is 1.85. The van der Waals surface area contributed by atoms with Crippen LogP contribution in [-0.2, 0) is 7.05 Å². The Labute approximate surface area is 151 Å². The van der Waals surface area contributed by atoms with Crippen molar-refractivity contribution in [2.75, 3.05) is 11.9 Å². The number of fused-ring (bicyclic) bond motifs is 1. The van der Waals surface area contributed by atoms with Gasteiger partial charge >= 0.3 is 6.18 Å². The highest BCUT2D eigenvalue weighted by Crippen LogP contribution is 2.31. The third-order valence-corrected chi connectivity index (χ3v) is 4.90. The van der Waals surface area contributed by atoms with Crippen LogP contribution in [0.4, 0.5) is 18.9 Å². The van der Waals surface area contributed by atoms with Gasteiger partial charge in [0.05, 0.1) is 16.3 Å². The summed E-state index contributed by atoms with van der Waals surface area (Å²) in [5.74, 6) is -0.430. The zero-order valence-corrected chi connectivity index (χ0v) is 15.1. The predicted molar refractivity (Wildman–Crippen MR) is 94.0 cm³/mol. The number of thiophene rings is 1. The van der Waals surface area contributed by atoms with E-state index in [1.807, 2.05) is 6.92 Å². The van der Waals surface area contributed by atoms with E-state index in [4.69, 9.17) is 4.74 Å². The van der Waals surface area contributed by atoms with Gasteiger partial charge in [0.15, 0.2) is 6.61 Å². The summed E-state index contributed by atoms with van der Waals surface area (Å²) in [4.78, 5) is 13.8. The summed E-state index contributed by atoms with van der Waals surface area (Å²) in [6.45, 7) is 2.15. The van der Waals surface area contributed by atoms with Crippen molar-refractivity contribution in [1.29, 1.82) is 0 Å². The van der Waals surface area contributed by atoms with E-state index in [9.17, 15) is 18.0 Å². The van der Waals surface area contributed by atoms with E-state index in [1.165, 1.54) is 23.5 Å². The number of nitrogens with one attached hydrogen (secondary N) is 1. The Bertz CT molecular complexity index is 941. The molecule has 0 fully saturated rings. The Morgan fingerprint density at radius 1 is 1.31 bits per heavy atom. The number of rotatable bonds is 4. The summed E-state index contributed by atoms with van der Waals surface area (Å²) in [6.07, 6.45) is -4.46. The van der Waals surface area contributed by atoms with Crippen LogP contribution < -0.4 is 10.1 Å². The second kappa shape index (κ2) is 6.64. The average molecular weight is 383 g/mol. The van der Waals surface area contributed by atoms with Crippen LogP contribution >= 0.6 is 11.3 Å². The first-order valence-electron chi connectivity index (χ1n) is 7.69. The minimum absolute atomic E-state index is 0.0189. The fourth-order valence-corrected chi connectivity index (χ4v) is 3.53. The highest BCUT2D eigenvalue weighted by molar-refractivity contribution is 7.20. The fraction of sp³-hybridized carbons (Fsp3) is 0.294. The van der Waals surface area contributed by atoms with Crippen LogP contribution in [0.3, 0.4) is 0 Å². The number of carbonyl (C=O) groups excluding carboxylic acids is 1. The lowest BCUT2D eigenvalue weighted by Gasteiger charge is -2.14. The molecule has 0 bridgehead atoms. The molecular weight excluding hydrogens is 367 g/mol. The number of benzene rings is 1. The normalized spacial score (nSPS) is 11.8. The molecule has 0 saturated carbocycles. The Morgan fingerprint density at radius 3 is 2.69 bits per heavy atom. The predicted octanol–water partition coefficient (Wildman–Crippen LogP) is 4.45. The van der Waals surface area contributed by atoms with E-state index >= 15 is 0 Å². The molecule has 0 atom stereocenters. The number of aromatic nitrogens is 2. The molecule has 2 heterocycles. The average Bonchev–Trinajstić information content (AvgIpc) is 3.09. The molecule has 26 heavy (non-hydrogen) atoms. The van der Waals surface area contributed by atoms with E-state index in [0.29, 0.717) is 4.88 Å². The van der Waals surface area contributed by atoms with E-state index in [1.54, 1.807) is 30.8 Å². The third-order valence-electron chi connectivity index (χ3n) is 3.70. The molecule has 1 N–H and O–H groups in total. The number of hydrogen-bond acceptors (Lipinski definition) is 4. The maximum absolute atomic E-state index is 12.5. The Hall–Kier alpha value is -2.55. The van der Waals surface area contributed by atoms with Crippen LogP contribution in [-0.4, -0.2) is 28.5 Å². The van der Waals surface area contributed by atoms with Gasteiger partial charge in [-0.15, -0.1) is 11.3 Å². The number of aryl methyl sites for hydroxylation is 3. The summed E-state index contributed by atoms with van der Waals surface area (Å²) in [5.41, 5.74) is 1.73. The second-order valence-electron chi connectivity index (χ2n) is 5.90. The van der Waals surface area contributed by atoms with Gasteiger partial charge < -0.3 is 10.1 Å². The summed E-state index contributed by atoms with van der Waals surface area (Å²) in [5, 5.41) is 7.78. The summed E-state index contributed by atoms with van der Waals surface area (Å²) < 4.78 is 43.9. The summed E-state index contributed by atoms with van der Waals surface area (Å²) >= 11 is 1.27. The molecule has 0 aliphatic rings. The molecule has 0 spiro atoms. The van der Waals surface area contributed by atoms with Crippen LogP contribution in [0.15, 0.2) is 24.3 Å². The maximum Gasteiger partial charge on any atom is 0.422 e. The van der Waals surface area contributed by atoms with Crippen LogP contribution in [0.2, 0.25) is 0 Å². The first-order valence-corrected chi connectivity index (χ1v) is 8.50. The van der Waals surface area contributed by atoms with Gasteiger partial charge in [0, 0.05) is 12.4 Å². The van der Waals surface area contributed by atoms with Gasteiger partial charge in [0.1, 0.15) is 10.6 Å². The molecule has 0 aliphatic carbocycles. The molecule has 0 unspecified atom stereocenters. The summed E-state index contributed by atoms with van der Waals surface area (Å²) in [7, 11) is 1.79. The lowest BCUT2D eigenvalue weighted by atomic mass is 10.2. The topological polar surface area (TPSA) is 56.2 Å². The number of anilines is 1. The van der Waals surface area contributed by atoms with Gasteiger partial charge in [-0.05, 0) is 37.6 Å². The monoisotopic (exact) mass is 383 g/mol. The molecule has 9 heteroatoms. The minimum atomic E-state index is -4.46. The first-order chi connectivity index (χ1) is 12.1. The highest BCUT2D eigenvalue weighted by Gasteiger charge is 2.29. The largest absolute Gasteiger partial charge is 0.482 e. The zero-order chi connectivity index (χ0) is 19.1. The van der Waals surface area contributed by atoms with Gasteiger partial charge in [-0.1, -0.05) is 6.07 Å². The molecule has 2 aromatic heterocycles. The molecule has 138 valence electrons. The number of ether oxygens (including phenoxy) is 1. The first kappa shape index (κ1) is 18.2. The number of hydrogen-bond donors (Lipinski definition) is 1. The van der Waals surface area contributed by atoms with E-state index in [-0.39, 0.29) is 11.4 Å². The van der Waals surface area contributed by atoms with Crippen molar-refractivity contribution >= 4 is 33.1 Å². The van der Waals surface area contributed by atoms with Gasteiger partial charge in [0.2, 0.25) is 0 Å². The molecule has 0 radical (unpaired) electrons. The Morgan fingerprint density at radius 2 is 2.04 bits per heavy atom. The van der Waals surface area contributed by atoms with Crippen molar-refractivity contribution in [2.45, 2.75) is 20.0 Å². The standard InChI is InChI=1S/C17H16F3N3O2S/c1-9-4-5-12(13(6-9)25-8-17(18,19)20)21-15(24)14-7-11-10(2)22-23(3)16(11)26-14/h4-7H,8H2,1-3H3,(H,21,24). The van der Waals surface area contributed by atoms with Gasteiger partial charge in [-0.25, -0.2) is 0 Å². The van der Waals surface area contributed by atoms with Crippen molar-refractivity contribution in [3.63, 3.8) is 0 Å². The lowest BCUT2D eigenvalue weighted by molar-refractivity contribution is -0.153. The van der Waals surface area contributed by atoms with Crippen molar-refractivity contribution < 1.29 is 22.7 Å². The SMILES string of the molecule is Cc1ccc(NC(=O)c2cc3c(C)nn(C)c3s2)c(OCC(F)(F)F)c1.